The van der Waals surface area contributed by atoms with Crippen molar-refractivity contribution in [3.63, 3.8) is 0 Å². The average molecular weight is 399 g/mol. The molecule has 0 bridgehead atoms. The van der Waals surface area contributed by atoms with Gasteiger partial charge in [0.05, 0.1) is 6.61 Å². The van der Waals surface area contributed by atoms with E-state index in [1.807, 2.05) is 0 Å². The molecule has 0 aromatic carbocycles. The van der Waals surface area contributed by atoms with Gasteiger partial charge >= 0.3 is 18.3 Å². The second-order valence-electron chi connectivity index (χ2n) is 6.98. The van der Waals surface area contributed by atoms with Gasteiger partial charge in [-0.15, -0.1) is 0 Å². The SMILES string of the molecule is CCCCCCCCC=CCCCCCCCCOC(=O)OC(=O)OC(C)=O. The Hall–Kier alpha value is -1.85. The second-order valence-corrected chi connectivity index (χ2v) is 6.98. The van der Waals surface area contributed by atoms with Crippen LogP contribution < -0.4 is 0 Å². The predicted molar refractivity (Wildman–Crippen MR) is 109 cm³/mol. The molecule has 0 unspecified atom stereocenters. The number of carbonyl (C=O) groups is 3. The zero-order valence-electron chi connectivity index (χ0n) is 17.7. The highest BCUT2D eigenvalue weighted by Gasteiger charge is 2.14. The summed E-state index contributed by atoms with van der Waals surface area (Å²) in [4.78, 5) is 32.5. The molecule has 0 spiro atoms. The van der Waals surface area contributed by atoms with Crippen LogP contribution in [0.2, 0.25) is 0 Å². The largest absolute Gasteiger partial charge is 0.526 e. The first-order chi connectivity index (χ1) is 13.6. The third kappa shape index (κ3) is 20.5. The molecule has 0 aromatic rings. The molecule has 0 aliphatic carbocycles. The van der Waals surface area contributed by atoms with Gasteiger partial charge in [-0.2, -0.15) is 0 Å². The predicted octanol–water partition coefficient (Wildman–Crippen LogP) is 6.86. The molecule has 0 N–H and O–H groups in total. The molecule has 0 aromatic heterocycles. The standard InChI is InChI=1S/C22H38O6/c1-3-4-5-6-7-8-9-10-11-12-13-14-15-16-17-18-19-26-21(24)28-22(25)27-20(2)23/h10-11H,3-9,12-19H2,1-2H3. The molecule has 0 rings (SSSR count). The zero-order valence-corrected chi connectivity index (χ0v) is 17.7. The van der Waals surface area contributed by atoms with E-state index >= 15 is 0 Å². The van der Waals surface area contributed by atoms with Crippen LogP contribution in [0.25, 0.3) is 0 Å². The van der Waals surface area contributed by atoms with Crippen molar-refractivity contribution in [3.8, 4) is 0 Å². The van der Waals surface area contributed by atoms with E-state index in [0.29, 0.717) is 0 Å². The van der Waals surface area contributed by atoms with Gasteiger partial charge in [-0.3, -0.25) is 4.79 Å². The Bertz CT molecular complexity index is 444. The molecule has 0 fully saturated rings. The first-order valence-electron chi connectivity index (χ1n) is 10.8. The van der Waals surface area contributed by atoms with Crippen molar-refractivity contribution >= 4 is 18.3 Å². The summed E-state index contributed by atoms with van der Waals surface area (Å²) in [6, 6.07) is 0. The third-order valence-corrected chi connectivity index (χ3v) is 4.27. The minimum absolute atomic E-state index is 0.188. The lowest BCUT2D eigenvalue weighted by molar-refractivity contribution is -0.136. The molecular weight excluding hydrogens is 360 g/mol. The Morgan fingerprint density at radius 1 is 0.643 bits per heavy atom. The highest BCUT2D eigenvalue weighted by Crippen LogP contribution is 2.10. The van der Waals surface area contributed by atoms with Gasteiger partial charge in [0.25, 0.3) is 0 Å². The summed E-state index contributed by atoms with van der Waals surface area (Å²) in [6.07, 6.45) is 19.0. The van der Waals surface area contributed by atoms with Gasteiger partial charge in [-0.05, 0) is 32.1 Å². The van der Waals surface area contributed by atoms with Crippen molar-refractivity contribution in [1.29, 1.82) is 0 Å². The number of ether oxygens (including phenoxy) is 3. The summed E-state index contributed by atoms with van der Waals surface area (Å²) >= 11 is 0. The van der Waals surface area contributed by atoms with Crippen molar-refractivity contribution in [3.05, 3.63) is 12.2 Å². The maximum Gasteiger partial charge on any atom is 0.526 e. The Morgan fingerprint density at radius 2 is 1.14 bits per heavy atom. The summed E-state index contributed by atoms with van der Waals surface area (Å²) in [7, 11) is 0. The highest BCUT2D eigenvalue weighted by atomic mass is 16.8. The summed E-state index contributed by atoms with van der Waals surface area (Å²) in [5, 5.41) is 0. The molecule has 0 heterocycles. The quantitative estimate of drug-likeness (QED) is 0.122. The topological polar surface area (TPSA) is 78.9 Å². The van der Waals surface area contributed by atoms with Crippen LogP contribution in [0, 0.1) is 0 Å². The number of rotatable bonds is 16. The molecule has 0 aliphatic rings. The highest BCUT2D eigenvalue weighted by molar-refractivity contribution is 5.85. The Labute approximate surface area is 170 Å². The monoisotopic (exact) mass is 398 g/mol. The minimum Gasteiger partial charge on any atom is -0.434 e. The molecular formula is C22H38O6. The summed E-state index contributed by atoms with van der Waals surface area (Å²) in [5.74, 6) is -0.842. The van der Waals surface area contributed by atoms with Crippen LogP contribution in [0.15, 0.2) is 12.2 Å². The molecule has 0 saturated carbocycles. The molecule has 28 heavy (non-hydrogen) atoms. The summed E-state index contributed by atoms with van der Waals surface area (Å²) < 4.78 is 12.9. The van der Waals surface area contributed by atoms with Crippen LogP contribution in [0.1, 0.15) is 104 Å². The lowest BCUT2D eigenvalue weighted by Gasteiger charge is -2.04. The van der Waals surface area contributed by atoms with Crippen molar-refractivity contribution in [2.75, 3.05) is 6.61 Å². The van der Waals surface area contributed by atoms with Crippen LogP contribution in [0.5, 0.6) is 0 Å². The third-order valence-electron chi connectivity index (χ3n) is 4.27. The van der Waals surface area contributed by atoms with Gasteiger partial charge in [0, 0.05) is 6.92 Å². The van der Waals surface area contributed by atoms with E-state index in [1.54, 1.807) is 0 Å². The number of allylic oxidation sites excluding steroid dienone is 2. The fourth-order valence-corrected chi connectivity index (χ4v) is 2.74. The van der Waals surface area contributed by atoms with E-state index in [4.69, 9.17) is 4.74 Å². The summed E-state index contributed by atoms with van der Waals surface area (Å²) in [6.45, 7) is 3.48. The van der Waals surface area contributed by atoms with Crippen LogP contribution in [-0.2, 0) is 19.0 Å². The van der Waals surface area contributed by atoms with Crippen LogP contribution in [0.3, 0.4) is 0 Å². The zero-order chi connectivity index (χ0) is 20.9. The van der Waals surface area contributed by atoms with Gasteiger partial charge in [0.15, 0.2) is 0 Å². The van der Waals surface area contributed by atoms with Crippen molar-refractivity contribution < 1.29 is 28.6 Å². The number of unbranched alkanes of at least 4 members (excludes halogenated alkanes) is 12. The van der Waals surface area contributed by atoms with E-state index in [-0.39, 0.29) is 6.61 Å². The fraction of sp³-hybridized carbons (Fsp3) is 0.773. The van der Waals surface area contributed by atoms with Crippen molar-refractivity contribution in [1.82, 2.24) is 0 Å². The van der Waals surface area contributed by atoms with E-state index in [9.17, 15) is 14.4 Å². The van der Waals surface area contributed by atoms with Gasteiger partial charge in [0.2, 0.25) is 0 Å². The van der Waals surface area contributed by atoms with Gasteiger partial charge in [-0.25, -0.2) is 9.59 Å². The maximum absolute atomic E-state index is 11.1. The molecule has 0 atom stereocenters. The average Bonchev–Trinajstić information content (AvgIpc) is 2.63. The van der Waals surface area contributed by atoms with Crippen LogP contribution >= 0.6 is 0 Å². The van der Waals surface area contributed by atoms with Crippen LogP contribution in [-0.4, -0.2) is 24.9 Å². The Balaban J connectivity index is 3.29. The second kappa shape index (κ2) is 19.9. The molecule has 0 radical (unpaired) electrons. The van der Waals surface area contributed by atoms with Gasteiger partial charge < -0.3 is 14.2 Å². The molecule has 0 saturated heterocycles. The fourth-order valence-electron chi connectivity index (χ4n) is 2.74. The number of hydrogen-bond acceptors (Lipinski definition) is 6. The van der Waals surface area contributed by atoms with Gasteiger partial charge in [-0.1, -0.05) is 76.9 Å². The number of esters is 1. The number of hydrogen-bond donors (Lipinski definition) is 0. The van der Waals surface area contributed by atoms with E-state index in [0.717, 1.165) is 32.6 Å². The van der Waals surface area contributed by atoms with Crippen molar-refractivity contribution in [2.45, 2.75) is 104 Å². The number of carbonyl (C=O) groups excluding carboxylic acids is 3. The maximum atomic E-state index is 11.1. The molecule has 162 valence electrons. The van der Waals surface area contributed by atoms with Crippen molar-refractivity contribution in [2.24, 2.45) is 0 Å². The molecule has 0 amide bonds. The normalized spacial score (nSPS) is 10.8. The van der Waals surface area contributed by atoms with Crippen LogP contribution in [0.4, 0.5) is 9.59 Å². The molecule has 0 aliphatic heterocycles. The lowest BCUT2D eigenvalue weighted by Crippen LogP contribution is -2.17. The smallest absolute Gasteiger partial charge is 0.434 e. The Kier molecular flexibility index (Phi) is 18.6. The van der Waals surface area contributed by atoms with E-state index in [2.05, 4.69) is 28.5 Å². The lowest BCUT2D eigenvalue weighted by atomic mass is 10.1. The first kappa shape index (κ1) is 26.1. The van der Waals surface area contributed by atoms with Gasteiger partial charge in [0.1, 0.15) is 0 Å². The first-order valence-corrected chi connectivity index (χ1v) is 10.8. The van der Waals surface area contributed by atoms with E-state index in [1.165, 1.54) is 64.2 Å². The molecule has 6 heteroatoms. The molecule has 6 nitrogen and oxygen atoms in total. The minimum atomic E-state index is -1.36. The Morgan fingerprint density at radius 3 is 1.68 bits per heavy atom. The summed E-state index contributed by atoms with van der Waals surface area (Å²) in [5.41, 5.74) is 0. The van der Waals surface area contributed by atoms with E-state index < -0.39 is 18.3 Å².